The summed E-state index contributed by atoms with van der Waals surface area (Å²) in [5, 5.41) is 4.78. The van der Waals surface area contributed by atoms with E-state index in [9.17, 15) is 14.4 Å². The van der Waals surface area contributed by atoms with Crippen molar-refractivity contribution in [2.75, 3.05) is 33.9 Å². The Morgan fingerprint density at radius 1 is 1.18 bits per heavy atom. The number of methoxy groups -OCH3 is 1. The van der Waals surface area contributed by atoms with Gasteiger partial charge in [0, 0.05) is 20.6 Å². The van der Waals surface area contributed by atoms with E-state index in [1.165, 1.54) is 7.11 Å². The third-order valence-electron chi connectivity index (χ3n) is 1.80. The highest BCUT2D eigenvalue weighted by Crippen LogP contribution is 1.90. The van der Waals surface area contributed by atoms with Crippen LogP contribution in [0.1, 0.15) is 12.8 Å². The van der Waals surface area contributed by atoms with Crippen molar-refractivity contribution >= 4 is 17.8 Å². The first kappa shape index (κ1) is 15.4. The van der Waals surface area contributed by atoms with Crippen molar-refractivity contribution in [3.8, 4) is 0 Å². The number of carbonyl (C=O) groups is 3. The van der Waals surface area contributed by atoms with Gasteiger partial charge in [-0.1, -0.05) is 0 Å². The van der Waals surface area contributed by atoms with E-state index in [1.54, 1.807) is 7.05 Å². The van der Waals surface area contributed by atoms with Crippen molar-refractivity contribution in [1.29, 1.82) is 0 Å². The number of esters is 1. The molecule has 0 radical (unpaired) electrons. The van der Waals surface area contributed by atoms with Crippen LogP contribution in [0, 0.1) is 0 Å². The van der Waals surface area contributed by atoms with Crippen LogP contribution in [0.15, 0.2) is 0 Å². The molecule has 2 N–H and O–H groups in total. The second-order valence-corrected chi connectivity index (χ2v) is 3.21. The molecule has 0 atom stereocenters. The molecular formula is C10H18N2O5. The van der Waals surface area contributed by atoms with Crippen LogP contribution in [0.4, 0.5) is 0 Å². The Bertz CT molecular complexity index is 267. The predicted molar refractivity (Wildman–Crippen MR) is 59.1 cm³/mol. The minimum Gasteiger partial charge on any atom is -0.464 e. The van der Waals surface area contributed by atoms with Gasteiger partial charge in [0.25, 0.3) is 0 Å². The Kier molecular flexibility index (Phi) is 8.67. The third-order valence-corrected chi connectivity index (χ3v) is 1.80. The molecule has 17 heavy (non-hydrogen) atoms. The van der Waals surface area contributed by atoms with Gasteiger partial charge >= 0.3 is 5.97 Å². The second-order valence-electron chi connectivity index (χ2n) is 3.21. The zero-order valence-electron chi connectivity index (χ0n) is 10.1. The van der Waals surface area contributed by atoms with Crippen LogP contribution in [0.2, 0.25) is 0 Å². The van der Waals surface area contributed by atoms with Crippen molar-refractivity contribution in [1.82, 2.24) is 10.6 Å². The molecule has 0 aliphatic carbocycles. The molecule has 7 heteroatoms. The topological polar surface area (TPSA) is 93.7 Å². The Balaban J connectivity index is 3.47. The fraction of sp³-hybridized carbons (Fsp3) is 0.700. The van der Waals surface area contributed by atoms with Crippen LogP contribution >= 0.6 is 0 Å². The lowest BCUT2D eigenvalue weighted by molar-refractivity contribution is -0.144. The average Bonchev–Trinajstić information content (AvgIpc) is 2.32. The van der Waals surface area contributed by atoms with Crippen LogP contribution in [0.25, 0.3) is 0 Å². The highest BCUT2D eigenvalue weighted by Gasteiger charge is 2.06. The maximum atomic E-state index is 11.1. The van der Waals surface area contributed by atoms with Crippen LogP contribution in [0.3, 0.4) is 0 Å². The highest BCUT2D eigenvalue weighted by molar-refractivity contribution is 5.82. The summed E-state index contributed by atoms with van der Waals surface area (Å²) in [4.78, 5) is 32.8. The summed E-state index contributed by atoms with van der Waals surface area (Å²) in [6.45, 7) is -0.126. The molecule has 0 fully saturated rings. The average molecular weight is 246 g/mol. The van der Waals surface area contributed by atoms with Crippen molar-refractivity contribution in [3.05, 3.63) is 0 Å². The smallest absolute Gasteiger partial charge is 0.325 e. The zero-order chi connectivity index (χ0) is 13.1. The van der Waals surface area contributed by atoms with E-state index >= 15 is 0 Å². The van der Waals surface area contributed by atoms with Gasteiger partial charge in [0.1, 0.15) is 13.2 Å². The number of carbonyl (C=O) groups excluding carboxylic acids is 3. The van der Waals surface area contributed by atoms with E-state index in [-0.39, 0.29) is 31.6 Å². The summed E-state index contributed by atoms with van der Waals surface area (Å²) in [7, 11) is 2.93. The predicted octanol–water partition coefficient (Wildman–Crippen LogP) is -1.18. The fourth-order valence-electron chi connectivity index (χ4n) is 0.948. The van der Waals surface area contributed by atoms with Gasteiger partial charge in [-0.25, -0.2) is 0 Å². The van der Waals surface area contributed by atoms with Gasteiger partial charge in [0.15, 0.2) is 0 Å². The molecule has 0 heterocycles. The maximum Gasteiger partial charge on any atom is 0.325 e. The lowest BCUT2D eigenvalue weighted by Gasteiger charge is -2.05. The molecule has 0 rings (SSSR count). The molecule has 0 unspecified atom stereocenters. The SMILES string of the molecule is CNC(=O)CCCOC(=O)CNC(=O)COC. The first-order valence-corrected chi connectivity index (χ1v) is 5.22. The Morgan fingerprint density at radius 2 is 1.88 bits per heavy atom. The Hall–Kier alpha value is -1.63. The van der Waals surface area contributed by atoms with E-state index in [0.29, 0.717) is 12.8 Å². The van der Waals surface area contributed by atoms with Crippen LogP contribution < -0.4 is 10.6 Å². The number of hydrogen-bond acceptors (Lipinski definition) is 5. The summed E-state index contributed by atoms with van der Waals surface area (Å²) in [5.41, 5.74) is 0. The molecule has 0 saturated carbocycles. The number of rotatable bonds is 8. The van der Waals surface area contributed by atoms with Crippen molar-refractivity contribution in [2.24, 2.45) is 0 Å². The zero-order valence-corrected chi connectivity index (χ0v) is 10.1. The first-order valence-electron chi connectivity index (χ1n) is 5.22. The monoisotopic (exact) mass is 246 g/mol. The lowest BCUT2D eigenvalue weighted by atomic mass is 10.3. The third kappa shape index (κ3) is 9.31. The van der Waals surface area contributed by atoms with Crippen molar-refractivity contribution in [2.45, 2.75) is 12.8 Å². The summed E-state index contributed by atoms with van der Waals surface area (Å²) < 4.78 is 9.36. The van der Waals surface area contributed by atoms with Gasteiger partial charge in [-0.2, -0.15) is 0 Å². The van der Waals surface area contributed by atoms with E-state index in [1.807, 2.05) is 0 Å². The Labute approximate surface area is 99.8 Å². The summed E-state index contributed by atoms with van der Waals surface area (Å²) in [6.07, 6.45) is 0.761. The van der Waals surface area contributed by atoms with E-state index in [2.05, 4.69) is 15.4 Å². The van der Waals surface area contributed by atoms with Crippen molar-refractivity contribution in [3.63, 3.8) is 0 Å². The largest absolute Gasteiger partial charge is 0.464 e. The minimum atomic E-state index is -0.536. The molecule has 0 aromatic carbocycles. The van der Waals surface area contributed by atoms with E-state index < -0.39 is 5.97 Å². The summed E-state index contributed by atoms with van der Waals surface area (Å²) in [5.74, 6) is -1.02. The normalized spacial score (nSPS) is 9.53. The van der Waals surface area contributed by atoms with E-state index in [0.717, 1.165) is 0 Å². The molecule has 7 nitrogen and oxygen atoms in total. The molecule has 0 aromatic heterocycles. The highest BCUT2D eigenvalue weighted by atomic mass is 16.5. The molecule has 0 saturated heterocycles. The van der Waals surface area contributed by atoms with Gasteiger partial charge in [-0.05, 0) is 6.42 Å². The number of amides is 2. The number of hydrogen-bond donors (Lipinski definition) is 2. The molecule has 98 valence electrons. The maximum absolute atomic E-state index is 11.1. The Morgan fingerprint density at radius 3 is 2.47 bits per heavy atom. The quantitative estimate of drug-likeness (QED) is 0.415. The lowest BCUT2D eigenvalue weighted by Crippen LogP contribution is -2.33. The molecular weight excluding hydrogens is 228 g/mol. The molecule has 0 spiro atoms. The van der Waals surface area contributed by atoms with Gasteiger partial charge in [0.05, 0.1) is 6.61 Å². The van der Waals surface area contributed by atoms with Crippen LogP contribution in [-0.4, -0.2) is 51.7 Å². The first-order chi connectivity index (χ1) is 8.10. The second kappa shape index (κ2) is 9.59. The molecule has 0 aliphatic rings. The van der Waals surface area contributed by atoms with Gasteiger partial charge in [-0.15, -0.1) is 0 Å². The van der Waals surface area contributed by atoms with Crippen molar-refractivity contribution < 1.29 is 23.9 Å². The minimum absolute atomic E-state index is 0.0933. The van der Waals surface area contributed by atoms with Gasteiger partial charge in [-0.3, -0.25) is 14.4 Å². The molecule has 0 aromatic rings. The fourth-order valence-corrected chi connectivity index (χ4v) is 0.948. The molecule has 2 amide bonds. The molecule has 0 bridgehead atoms. The van der Waals surface area contributed by atoms with E-state index in [4.69, 9.17) is 4.74 Å². The standard InChI is InChI=1S/C10H18N2O5/c1-11-8(13)4-3-5-17-10(15)6-12-9(14)7-16-2/h3-7H2,1-2H3,(H,11,13)(H,12,14). The molecule has 0 aliphatic heterocycles. The number of ether oxygens (including phenoxy) is 2. The van der Waals surface area contributed by atoms with Crippen LogP contribution in [-0.2, 0) is 23.9 Å². The number of nitrogens with one attached hydrogen (secondary N) is 2. The van der Waals surface area contributed by atoms with Gasteiger partial charge < -0.3 is 20.1 Å². The van der Waals surface area contributed by atoms with Crippen LogP contribution in [0.5, 0.6) is 0 Å². The van der Waals surface area contributed by atoms with Gasteiger partial charge in [0.2, 0.25) is 11.8 Å². The summed E-state index contributed by atoms with van der Waals surface area (Å²) >= 11 is 0. The summed E-state index contributed by atoms with van der Waals surface area (Å²) in [6, 6.07) is 0.